The van der Waals surface area contributed by atoms with Crippen LogP contribution in [0.1, 0.15) is 389 Å². The van der Waals surface area contributed by atoms with Gasteiger partial charge in [0.2, 0.25) is 0 Å². The van der Waals surface area contributed by atoms with Crippen LogP contribution in [0.5, 0.6) is 0 Å². The molecular formula is C112H186O14. The van der Waals surface area contributed by atoms with Gasteiger partial charge in [0.1, 0.15) is 16.8 Å². The third-order valence-corrected chi connectivity index (χ3v) is 35.0. The Bertz CT molecular complexity index is 3910. The van der Waals surface area contributed by atoms with Gasteiger partial charge in [0.15, 0.2) is 18.9 Å². The van der Waals surface area contributed by atoms with E-state index in [0.717, 1.165) is 169 Å². The number of allylic oxidation sites excluding steroid dienone is 10. The Morgan fingerprint density at radius 2 is 0.563 bits per heavy atom. The molecule has 718 valence electrons. The van der Waals surface area contributed by atoms with E-state index in [0.29, 0.717) is 97.6 Å². The first-order valence-electron chi connectivity index (χ1n) is 51.5. The minimum Gasteiger partial charge on any atom is -0.459 e. The van der Waals surface area contributed by atoms with Crippen LogP contribution >= 0.6 is 0 Å². The Hall–Kier alpha value is -3.21. The summed E-state index contributed by atoms with van der Waals surface area (Å²) in [6, 6.07) is 0. The molecule has 2 N–H and O–H groups in total. The van der Waals surface area contributed by atoms with E-state index in [2.05, 4.69) is 238 Å². The van der Waals surface area contributed by atoms with Crippen LogP contribution in [0.3, 0.4) is 0 Å². The maximum absolute atomic E-state index is 11.1. The van der Waals surface area contributed by atoms with E-state index < -0.39 is 0 Å². The van der Waals surface area contributed by atoms with E-state index >= 15 is 0 Å². The third-order valence-electron chi connectivity index (χ3n) is 35.0. The molecule has 0 aromatic heterocycles. The molecule has 0 radical (unpaired) electrons. The Kier molecular flexibility index (Phi) is 30.0. The van der Waals surface area contributed by atoms with Crippen LogP contribution in [-0.4, -0.2) is 112 Å². The average molecular weight is 1760 g/mol. The van der Waals surface area contributed by atoms with Gasteiger partial charge in [-0.05, 0) is 338 Å². The molecule has 19 fully saturated rings. The highest BCUT2D eigenvalue weighted by atomic mass is 16.7. The maximum atomic E-state index is 11.1. The minimum absolute atomic E-state index is 0.0745. The second-order valence-electron chi connectivity index (χ2n) is 51.3. The molecule has 16 aliphatic carbocycles. The Balaban J connectivity index is 0.000000131. The second kappa shape index (κ2) is 37.1. The van der Waals surface area contributed by atoms with E-state index in [9.17, 15) is 24.6 Å². The summed E-state index contributed by atoms with van der Waals surface area (Å²) in [5.74, 6) is 14.2. The Morgan fingerprint density at radius 1 is 0.317 bits per heavy atom. The largest absolute Gasteiger partial charge is 0.459 e. The van der Waals surface area contributed by atoms with Gasteiger partial charge in [0.25, 0.3) is 0 Å². The monoisotopic (exact) mass is 1760 g/mol. The zero-order chi connectivity index (χ0) is 93.2. The lowest BCUT2D eigenvalue weighted by Crippen LogP contribution is -2.27. The number of hydrogen-bond acceptors (Lipinski definition) is 14. The van der Waals surface area contributed by atoms with Crippen molar-refractivity contribution in [3.8, 4) is 0 Å². The predicted octanol–water partition coefficient (Wildman–Crippen LogP) is 26.7. The number of ether oxygens (including phenoxy) is 9. The molecule has 3 aliphatic heterocycles. The first-order chi connectivity index (χ1) is 58.3. The van der Waals surface area contributed by atoms with Crippen molar-refractivity contribution in [2.45, 2.75) is 453 Å². The zero-order valence-corrected chi connectivity index (χ0v) is 86.3. The molecule has 0 aromatic carbocycles. The molecule has 21 atom stereocenters. The van der Waals surface area contributed by atoms with Crippen molar-refractivity contribution in [2.75, 3.05) is 19.8 Å². The highest BCUT2D eigenvalue weighted by Gasteiger charge is 2.77. The molecule has 21 unspecified atom stereocenters. The van der Waals surface area contributed by atoms with Gasteiger partial charge in [0, 0.05) is 89.4 Å². The number of esters is 3. The highest BCUT2D eigenvalue weighted by Crippen LogP contribution is 2.77. The third kappa shape index (κ3) is 23.5. The van der Waals surface area contributed by atoms with Crippen LogP contribution in [0.15, 0.2) is 58.2 Å². The fourth-order valence-corrected chi connectivity index (χ4v) is 27.4. The van der Waals surface area contributed by atoms with Gasteiger partial charge in [-0.2, -0.15) is 0 Å². The van der Waals surface area contributed by atoms with Gasteiger partial charge in [-0.15, -0.1) is 0 Å². The van der Waals surface area contributed by atoms with Crippen molar-refractivity contribution < 1.29 is 67.2 Å². The molecule has 3 heterocycles. The lowest BCUT2D eigenvalue weighted by Gasteiger charge is -2.22. The zero-order valence-electron chi connectivity index (χ0n) is 86.3. The minimum atomic E-state index is -0.292. The summed E-state index contributed by atoms with van der Waals surface area (Å²) in [5, 5.41) is 20.1. The first kappa shape index (κ1) is 102. The molecule has 126 heavy (non-hydrogen) atoms. The second-order valence-corrected chi connectivity index (χ2v) is 51.3. The standard InChI is InChI=1S/C16H28O2.C16H26O2.C15H24O2.C14H24O2.C14H22O2.C13H20O2.C12H22O.C12H20O/c2*1-11(2)10-12-14(15(12,3)4)16(7-8-16)18-13-6-5-9-17-13;1-10(2)9-12-11(3)14(12)15(6-7-15)17-13-5-4-8-16-13;2*1-9(2)8-11-12(13(11,4)5)14(6-7-14)16-10(3)15;1-8(2)7-11-9(3)12(11)13(5-6-13)15-10(4)14;2*1-8(2)7-9-10(11(9,3)4)12(13)5-6-12/h11-14H,5-10H2,1-4H3;10,12-14H,5-9H2,1-4H3;9,11-14H,4-8H2,1-3H3;9,11-12H,6-8H2,1-5H3;8,11-12H,6-7H2,1-5H3;7,9,11-12H,5-6H2,1-4H3;8-10,13H,5-7H2,1-4H3;7,9-10,13H,5-6H2,1-4H3. The molecule has 14 heteroatoms. The first-order valence-corrected chi connectivity index (χ1v) is 51.5. The van der Waals surface area contributed by atoms with E-state index in [1.165, 1.54) is 119 Å². The van der Waals surface area contributed by atoms with Crippen molar-refractivity contribution in [3.63, 3.8) is 0 Å². The quantitative estimate of drug-likeness (QED) is 0.0430. The summed E-state index contributed by atoms with van der Waals surface area (Å²) >= 11 is 0. The van der Waals surface area contributed by atoms with Crippen molar-refractivity contribution in [2.24, 2.45) is 157 Å². The number of carbonyl (C=O) groups is 3. The van der Waals surface area contributed by atoms with Crippen LogP contribution in [0, 0.1) is 157 Å². The lowest BCUT2D eigenvalue weighted by atomic mass is 10.0. The molecule has 19 rings (SSSR count). The smallest absolute Gasteiger partial charge is 0.303 e. The fourth-order valence-electron chi connectivity index (χ4n) is 27.4. The van der Waals surface area contributed by atoms with Crippen molar-refractivity contribution in [3.05, 3.63) is 58.2 Å². The summed E-state index contributed by atoms with van der Waals surface area (Å²) in [5.41, 5.74) is 9.01. The van der Waals surface area contributed by atoms with Crippen molar-refractivity contribution in [1.82, 2.24) is 0 Å². The van der Waals surface area contributed by atoms with Gasteiger partial charge in [0.05, 0.1) is 28.0 Å². The van der Waals surface area contributed by atoms with Gasteiger partial charge in [-0.3, -0.25) is 14.4 Å². The van der Waals surface area contributed by atoms with E-state index in [-0.39, 0.29) is 81.6 Å². The number of aliphatic hydroxyl groups is 2. The Morgan fingerprint density at radius 3 is 0.849 bits per heavy atom. The van der Waals surface area contributed by atoms with Crippen LogP contribution < -0.4 is 0 Å². The van der Waals surface area contributed by atoms with Gasteiger partial charge in [-0.25, -0.2) is 0 Å². The normalized spacial score (nSPS) is 37.7. The molecule has 14 nitrogen and oxygen atoms in total. The summed E-state index contributed by atoms with van der Waals surface area (Å²) in [6.07, 6.45) is 40.9. The number of hydrogen-bond donors (Lipinski definition) is 2. The SMILES string of the molecule is CC(=O)OC1(C2C(C)C2C=C(C)C)CC1.CC(=O)OC1(C2C(C=C(C)C)C2(C)C)CC1.CC(=O)OC1(C2C(CC(C)C)C2(C)C)CC1.CC(C)=CC1C(C)C1C1(OC2CCCO2)CC1.CC(C)=CC1C(C2(O)CC2)C1(C)C.CC(C)=CC1C(C2(OC3CCCO3)CC2)C1(C)C.CC(C)CC1C(C2(O)CC2)C1(C)C.CC(C)CC1C(C2(OC3CCCO3)CC2)C1(C)C. The molecule has 0 amide bonds. The fraction of sp³-hybridized carbons (Fsp3) is 0.884. The summed E-state index contributed by atoms with van der Waals surface area (Å²) in [7, 11) is 0. The molecule has 0 spiro atoms. The van der Waals surface area contributed by atoms with Crippen LogP contribution in [-0.2, 0) is 57.0 Å². The Labute approximate surface area is 768 Å². The summed E-state index contributed by atoms with van der Waals surface area (Å²) in [6.45, 7) is 75.3. The van der Waals surface area contributed by atoms with Gasteiger partial charge < -0.3 is 52.8 Å². The van der Waals surface area contributed by atoms with Gasteiger partial charge in [-0.1, -0.05) is 197 Å². The maximum Gasteiger partial charge on any atom is 0.303 e. The molecule has 0 aromatic rings. The highest BCUT2D eigenvalue weighted by molar-refractivity contribution is 5.68. The van der Waals surface area contributed by atoms with Crippen molar-refractivity contribution >= 4 is 17.9 Å². The number of carbonyl (C=O) groups excluding carboxylic acids is 3. The van der Waals surface area contributed by atoms with Crippen LogP contribution in [0.25, 0.3) is 0 Å². The average Bonchev–Trinajstić information content (AvgIpc) is 1.54. The van der Waals surface area contributed by atoms with Gasteiger partial charge >= 0.3 is 17.9 Å². The topological polar surface area (TPSA) is 175 Å². The number of rotatable bonds is 28. The molecular weight excluding hydrogens is 1570 g/mol. The molecule has 0 bridgehead atoms. The van der Waals surface area contributed by atoms with Crippen molar-refractivity contribution in [1.29, 1.82) is 0 Å². The molecule has 16 saturated carbocycles. The lowest BCUT2D eigenvalue weighted by molar-refractivity contribution is -0.164. The van der Waals surface area contributed by atoms with Crippen LogP contribution in [0.2, 0.25) is 0 Å². The summed E-state index contributed by atoms with van der Waals surface area (Å²) in [4.78, 5) is 33.3. The van der Waals surface area contributed by atoms with E-state index in [1.54, 1.807) is 0 Å². The van der Waals surface area contributed by atoms with E-state index in [4.69, 9.17) is 42.6 Å². The summed E-state index contributed by atoms with van der Waals surface area (Å²) < 4.78 is 52.5. The predicted molar refractivity (Wildman–Crippen MR) is 508 cm³/mol. The molecule has 3 saturated heterocycles. The molecule has 19 aliphatic rings. The van der Waals surface area contributed by atoms with Crippen LogP contribution in [0.4, 0.5) is 0 Å². The van der Waals surface area contributed by atoms with E-state index in [1.807, 2.05) is 0 Å².